The molecule has 0 atom stereocenters. The highest BCUT2D eigenvalue weighted by Gasteiger charge is 2.31. The summed E-state index contributed by atoms with van der Waals surface area (Å²) in [7, 11) is 0. The van der Waals surface area contributed by atoms with E-state index in [9.17, 15) is 18.0 Å². The minimum Gasteiger partial charge on any atom is -0.476 e. The fraction of sp³-hybridized carbons (Fsp3) is 0.100. The second-order valence-corrected chi connectivity index (χ2v) is 3.91. The lowest BCUT2D eigenvalue weighted by Gasteiger charge is -2.09. The van der Waals surface area contributed by atoms with Gasteiger partial charge in [-0.25, -0.2) is 14.8 Å². The molecular formula is C10H5ClF3N3O2. The van der Waals surface area contributed by atoms with Crippen LogP contribution in [0, 0.1) is 0 Å². The maximum atomic E-state index is 12.4. The normalized spacial score (nSPS) is 11.6. The molecule has 1 N–H and O–H groups in total. The van der Waals surface area contributed by atoms with Gasteiger partial charge in [-0.1, -0.05) is 11.6 Å². The number of alkyl halides is 3. The number of imidazole rings is 1. The summed E-state index contributed by atoms with van der Waals surface area (Å²) in [6.45, 7) is 0. The van der Waals surface area contributed by atoms with Gasteiger partial charge in [0, 0.05) is 12.4 Å². The van der Waals surface area contributed by atoms with E-state index in [-0.39, 0.29) is 16.5 Å². The number of aromatic carboxylic acids is 1. The second-order valence-electron chi connectivity index (χ2n) is 3.50. The zero-order valence-electron chi connectivity index (χ0n) is 9.02. The van der Waals surface area contributed by atoms with Gasteiger partial charge in [-0.05, 0) is 6.07 Å². The van der Waals surface area contributed by atoms with Gasteiger partial charge in [0.25, 0.3) is 0 Å². The van der Waals surface area contributed by atoms with E-state index in [1.54, 1.807) is 0 Å². The Morgan fingerprint density at radius 3 is 2.53 bits per heavy atom. The summed E-state index contributed by atoms with van der Waals surface area (Å²) in [4.78, 5) is 17.8. The molecular weight excluding hydrogens is 287 g/mol. The van der Waals surface area contributed by atoms with E-state index in [1.807, 2.05) is 0 Å². The Bertz CT molecular complexity index is 639. The van der Waals surface area contributed by atoms with Gasteiger partial charge in [0.15, 0.2) is 11.5 Å². The van der Waals surface area contributed by atoms with Gasteiger partial charge in [-0.3, -0.25) is 4.57 Å². The predicted octanol–water partition coefficient (Wildman–Crippen LogP) is 2.64. The third kappa shape index (κ3) is 2.68. The monoisotopic (exact) mass is 291 g/mol. The van der Waals surface area contributed by atoms with Crippen LogP contribution in [0.2, 0.25) is 5.02 Å². The van der Waals surface area contributed by atoms with Crippen LogP contribution in [0.25, 0.3) is 5.82 Å². The Kier molecular flexibility index (Phi) is 3.19. The Labute approximate surface area is 109 Å². The molecule has 0 fully saturated rings. The number of carboxylic acids is 1. The molecule has 0 amide bonds. The van der Waals surface area contributed by atoms with Crippen molar-refractivity contribution >= 4 is 17.6 Å². The summed E-state index contributed by atoms with van der Waals surface area (Å²) >= 11 is 5.70. The molecule has 2 rings (SSSR count). The lowest BCUT2D eigenvalue weighted by molar-refractivity contribution is -0.137. The molecule has 0 aromatic carbocycles. The highest BCUT2D eigenvalue weighted by molar-refractivity contribution is 6.32. The highest BCUT2D eigenvalue weighted by atomic mass is 35.5. The van der Waals surface area contributed by atoms with Crippen LogP contribution >= 0.6 is 11.6 Å². The molecule has 0 unspecified atom stereocenters. The van der Waals surface area contributed by atoms with Crippen molar-refractivity contribution in [2.24, 2.45) is 0 Å². The molecule has 0 spiro atoms. The van der Waals surface area contributed by atoms with Crippen LogP contribution in [0.5, 0.6) is 0 Å². The van der Waals surface area contributed by atoms with Gasteiger partial charge in [-0.2, -0.15) is 13.2 Å². The van der Waals surface area contributed by atoms with Gasteiger partial charge in [0.05, 0.1) is 10.6 Å². The molecule has 2 heterocycles. The summed E-state index contributed by atoms with van der Waals surface area (Å²) in [5.74, 6) is -1.29. The summed E-state index contributed by atoms with van der Waals surface area (Å²) in [5, 5.41) is 8.43. The Morgan fingerprint density at radius 1 is 1.37 bits per heavy atom. The average Bonchev–Trinajstić information content (AvgIpc) is 2.76. The molecule has 0 aliphatic heterocycles. The molecule has 100 valence electrons. The summed E-state index contributed by atoms with van der Waals surface area (Å²) in [6, 6.07) is 0.713. The molecule has 0 saturated heterocycles. The number of hydrogen-bond donors (Lipinski definition) is 1. The van der Waals surface area contributed by atoms with Crippen molar-refractivity contribution in [1.82, 2.24) is 14.5 Å². The number of carboxylic acid groups (broad SMARTS) is 1. The minimum absolute atomic E-state index is 0.0327. The molecule has 0 aliphatic carbocycles. The van der Waals surface area contributed by atoms with Crippen LogP contribution in [-0.2, 0) is 6.18 Å². The van der Waals surface area contributed by atoms with Crippen molar-refractivity contribution in [3.8, 4) is 5.82 Å². The number of aromatic nitrogens is 3. The first-order valence-corrected chi connectivity index (χ1v) is 5.17. The van der Waals surface area contributed by atoms with E-state index in [0.717, 1.165) is 17.1 Å². The van der Waals surface area contributed by atoms with E-state index in [2.05, 4.69) is 9.97 Å². The minimum atomic E-state index is -4.55. The Balaban J connectivity index is 2.43. The molecule has 0 bridgehead atoms. The van der Waals surface area contributed by atoms with Crippen molar-refractivity contribution in [3.63, 3.8) is 0 Å². The van der Waals surface area contributed by atoms with Crippen LogP contribution in [0.4, 0.5) is 13.2 Å². The average molecular weight is 292 g/mol. The van der Waals surface area contributed by atoms with Crippen LogP contribution in [-0.4, -0.2) is 25.6 Å². The zero-order chi connectivity index (χ0) is 14.2. The molecule has 0 aliphatic rings. The molecule has 0 radical (unpaired) electrons. The molecule has 2 aromatic rings. The fourth-order valence-corrected chi connectivity index (χ4v) is 1.59. The highest BCUT2D eigenvalue weighted by Crippen LogP contribution is 2.31. The molecule has 5 nitrogen and oxygen atoms in total. The van der Waals surface area contributed by atoms with Crippen molar-refractivity contribution in [2.45, 2.75) is 6.18 Å². The van der Waals surface area contributed by atoms with E-state index >= 15 is 0 Å². The lowest BCUT2D eigenvalue weighted by atomic mass is 10.3. The summed E-state index contributed by atoms with van der Waals surface area (Å²) in [5.41, 5.74) is -1.25. The second kappa shape index (κ2) is 4.54. The van der Waals surface area contributed by atoms with E-state index in [0.29, 0.717) is 12.3 Å². The van der Waals surface area contributed by atoms with Gasteiger partial charge in [0.1, 0.15) is 6.33 Å². The standard InChI is InChI=1S/C10H5ClF3N3O2/c11-6-1-5(10(12,13)14)2-15-8(6)17-3-7(9(18)19)16-4-17/h1-4H,(H,18,19). The van der Waals surface area contributed by atoms with Crippen LogP contribution in [0.15, 0.2) is 24.8 Å². The number of halogens is 4. The van der Waals surface area contributed by atoms with Crippen molar-refractivity contribution in [2.75, 3.05) is 0 Å². The third-order valence-electron chi connectivity index (χ3n) is 2.20. The number of pyridine rings is 1. The summed E-state index contributed by atoms with van der Waals surface area (Å²) in [6.07, 6.45) is -1.73. The largest absolute Gasteiger partial charge is 0.476 e. The number of nitrogens with zero attached hydrogens (tertiary/aromatic N) is 3. The Morgan fingerprint density at radius 2 is 2.05 bits per heavy atom. The first-order chi connectivity index (χ1) is 8.79. The van der Waals surface area contributed by atoms with E-state index in [4.69, 9.17) is 16.7 Å². The maximum Gasteiger partial charge on any atom is 0.417 e. The zero-order valence-corrected chi connectivity index (χ0v) is 9.77. The SMILES string of the molecule is O=C(O)c1cn(-c2ncc(C(F)(F)F)cc2Cl)cn1. The van der Waals surface area contributed by atoms with Crippen LogP contribution < -0.4 is 0 Å². The van der Waals surface area contributed by atoms with Crippen molar-refractivity contribution in [3.05, 3.63) is 41.1 Å². The van der Waals surface area contributed by atoms with Gasteiger partial charge in [-0.15, -0.1) is 0 Å². The van der Waals surface area contributed by atoms with E-state index < -0.39 is 17.7 Å². The topological polar surface area (TPSA) is 68.0 Å². The van der Waals surface area contributed by atoms with Gasteiger partial charge in [0.2, 0.25) is 0 Å². The quantitative estimate of drug-likeness (QED) is 0.923. The molecule has 0 saturated carbocycles. The van der Waals surface area contributed by atoms with Gasteiger partial charge < -0.3 is 5.11 Å². The maximum absolute atomic E-state index is 12.4. The molecule has 9 heteroatoms. The number of carbonyl (C=O) groups is 1. The predicted molar refractivity (Wildman–Crippen MR) is 58.3 cm³/mol. The fourth-order valence-electron chi connectivity index (χ4n) is 1.32. The van der Waals surface area contributed by atoms with Crippen molar-refractivity contribution < 1.29 is 23.1 Å². The first-order valence-electron chi connectivity index (χ1n) is 4.79. The first kappa shape index (κ1) is 13.3. The number of hydrogen-bond acceptors (Lipinski definition) is 3. The third-order valence-corrected chi connectivity index (χ3v) is 2.47. The van der Waals surface area contributed by atoms with Crippen LogP contribution in [0.3, 0.4) is 0 Å². The van der Waals surface area contributed by atoms with Crippen molar-refractivity contribution in [1.29, 1.82) is 0 Å². The van der Waals surface area contributed by atoms with Gasteiger partial charge >= 0.3 is 12.1 Å². The van der Waals surface area contributed by atoms with Crippen LogP contribution in [0.1, 0.15) is 16.1 Å². The lowest BCUT2D eigenvalue weighted by Crippen LogP contribution is -2.07. The molecule has 2 aromatic heterocycles. The van der Waals surface area contributed by atoms with E-state index in [1.165, 1.54) is 0 Å². The Hall–Kier alpha value is -2.09. The number of rotatable bonds is 2. The summed E-state index contributed by atoms with van der Waals surface area (Å²) < 4.78 is 38.4. The molecule has 19 heavy (non-hydrogen) atoms. The smallest absolute Gasteiger partial charge is 0.417 e.